The summed E-state index contributed by atoms with van der Waals surface area (Å²) in [5, 5.41) is 15.9. The molecule has 1 aromatic rings. The van der Waals surface area contributed by atoms with Gasteiger partial charge in [0, 0.05) is 6.54 Å². The monoisotopic (exact) mass is 291 g/mol. The molecule has 2 rings (SSSR count). The lowest BCUT2D eigenvalue weighted by atomic mass is 10.0. The maximum absolute atomic E-state index is 12.0. The van der Waals surface area contributed by atoms with Crippen LogP contribution in [0.15, 0.2) is 24.3 Å². The van der Waals surface area contributed by atoms with Crippen LogP contribution < -0.4 is 16.0 Å². The number of amides is 4. The number of carbonyl (C=O) groups excluding carboxylic acids is 3. The van der Waals surface area contributed by atoms with Gasteiger partial charge in [0.2, 0.25) is 0 Å². The summed E-state index contributed by atoms with van der Waals surface area (Å²) in [6.07, 6.45) is 0. The van der Waals surface area contributed by atoms with Gasteiger partial charge in [0.15, 0.2) is 0 Å². The minimum atomic E-state index is -1.26. The van der Waals surface area contributed by atoms with Crippen molar-refractivity contribution in [1.82, 2.24) is 16.0 Å². The minimum absolute atomic E-state index is 0.0154. The second kappa shape index (κ2) is 5.23. The van der Waals surface area contributed by atoms with E-state index in [9.17, 15) is 19.2 Å². The number of urea groups is 1. The van der Waals surface area contributed by atoms with Crippen molar-refractivity contribution >= 4 is 23.8 Å². The van der Waals surface area contributed by atoms with Gasteiger partial charge in [-0.2, -0.15) is 0 Å². The van der Waals surface area contributed by atoms with Crippen LogP contribution in [0.4, 0.5) is 4.79 Å². The highest BCUT2D eigenvalue weighted by Gasteiger charge is 2.42. The molecule has 8 nitrogen and oxygen atoms in total. The van der Waals surface area contributed by atoms with Gasteiger partial charge in [-0.05, 0) is 19.1 Å². The molecule has 110 valence electrons. The Morgan fingerprint density at radius 2 is 1.86 bits per heavy atom. The second-order valence-corrected chi connectivity index (χ2v) is 4.77. The van der Waals surface area contributed by atoms with Crippen LogP contribution in [0.5, 0.6) is 0 Å². The van der Waals surface area contributed by atoms with Crippen LogP contribution in [0.25, 0.3) is 0 Å². The average Bonchev–Trinajstić information content (AvgIpc) is 2.69. The summed E-state index contributed by atoms with van der Waals surface area (Å²) >= 11 is 0. The van der Waals surface area contributed by atoms with E-state index < -0.39 is 29.4 Å². The average molecular weight is 291 g/mol. The topological polar surface area (TPSA) is 125 Å². The molecule has 1 atom stereocenters. The fraction of sp³-hybridized carbons (Fsp3) is 0.231. The first kappa shape index (κ1) is 14.5. The Bertz CT molecular complexity index is 642. The Labute approximate surface area is 119 Å². The van der Waals surface area contributed by atoms with E-state index in [2.05, 4.69) is 16.0 Å². The van der Waals surface area contributed by atoms with Crippen molar-refractivity contribution in [3.05, 3.63) is 35.4 Å². The van der Waals surface area contributed by atoms with Crippen molar-refractivity contribution in [2.75, 3.05) is 6.54 Å². The Kier molecular flexibility index (Phi) is 3.62. The molecular formula is C13H13N3O5. The summed E-state index contributed by atoms with van der Waals surface area (Å²) in [7, 11) is 0. The fourth-order valence-electron chi connectivity index (χ4n) is 1.92. The lowest BCUT2D eigenvalue weighted by Crippen LogP contribution is -2.52. The van der Waals surface area contributed by atoms with Crippen molar-refractivity contribution in [2.45, 2.75) is 12.5 Å². The summed E-state index contributed by atoms with van der Waals surface area (Å²) in [6.45, 7) is 1.30. The van der Waals surface area contributed by atoms with Gasteiger partial charge >= 0.3 is 12.0 Å². The molecule has 1 aliphatic rings. The Morgan fingerprint density at radius 1 is 1.24 bits per heavy atom. The van der Waals surface area contributed by atoms with Gasteiger partial charge in [-0.15, -0.1) is 0 Å². The maximum atomic E-state index is 12.0. The largest absolute Gasteiger partial charge is 0.478 e. The van der Waals surface area contributed by atoms with E-state index in [4.69, 9.17) is 5.11 Å². The van der Waals surface area contributed by atoms with Crippen molar-refractivity contribution in [3.63, 3.8) is 0 Å². The van der Waals surface area contributed by atoms with Crippen LogP contribution in [0, 0.1) is 0 Å². The number of hydrogen-bond donors (Lipinski definition) is 4. The van der Waals surface area contributed by atoms with Crippen molar-refractivity contribution in [3.8, 4) is 0 Å². The highest BCUT2D eigenvalue weighted by Crippen LogP contribution is 2.11. The van der Waals surface area contributed by atoms with E-state index in [0.29, 0.717) is 0 Å². The number of carbonyl (C=O) groups is 4. The third-order valence-corrected chi connectivity index (χ3v) is 3.12. The molecule has 8 heteroatoms. The number of aromatic carboxylic acids is 1. The highest BCUT2D eigenvalue weighted by atomic mass is 16.4. The van der Waals surface area contributed by atoms with Gasteiger partial charge in [-0.3, -0.25) is 14.9 Å². The van der Waals surface area contributed by atoms with Crippen molar-refractivity contribution in [2.24, 2.45) is 0 Å². The van der Waals surface area contributed by atoms with Gasteiger partial charge in [0.25, 0.3) is 11.8 Å². The smallest absolute Gasteiger partial charge is 0.336 e. The van der Waals surface area contributed by atoms with E-state index in [0.717, 1.165) is 0 Å². The van der Waals surface area contributed by atoms with Crippen molar-refractivity contribution in [1.29, 1.82) is 0 Å². The molecule has 0 aromatic heterocycles. The molecule has 21 heavy (non-hydrogen) atoms. The zero-order valence-corrected chi connectivity index (χ0v) is 11.1. The number of nitrogens with one attached hydrogen (secondary N) is 3. The molecule has 1 aromatic carbocycles. The first-order valence-electron chi connectivity index (χ1n) is 6.07. The Balaban J connectivity index is 2.11. The highest BCUT2D eigenvalue weighted by molar-refractivity contribution is 6.08. The molecule has 4 N–H and O–H groups in total. The summed E-state index contributed by atoms with van der Waals surface area (Å²) in [6, 6.07) is 5.08. The third kappa shape index (κ3) is 2.83. The zero-order valence-electron chi connectivity index (χ0n) is 11.1. The van der Waals surface area contributed by atoms with E-state index in [1.54, 1.807) is 0 Å². The fourth-order valence-corrected chi connectivity index (χ4v) is 1.92. The Hall–Kier alpha value is -2.90. The summed E-state index contributed by atoms with van der Waals surface area (Å²) in [5.74, 6) is -2.42. The lowest BCUT2D eigenvalue weighted by Gasteiger charge is -2.21. The molecule has 1 fully saturated rings. The van der Waals surface area contributed by atoms with Crippen LogP contribution in [-0.2, 0) is 4.79 Å². The Morgan fingerprint density at radius 3 is 2.38 bits per heavy atom. The molecule has 1 unspecified atom stereocenters. The standard InChI is InChI=1S/C13H13N3O5/c1-13(11(20)15-12(21)16-13)6-14-9(17)7-4-2-3-5-8(7)10(18)19/h2-5H,6H2,1H3,(H,14,17)(H,18,19)(H2,15,16,20,21). The number of carboxylic acids is 1. The molecular weight excluding hydrogens is 278 g/mol. The SMILES string of the molecule is CC1(CNC(=O)c2ccccc2C(=O)O)NC(=O)NC1=O. The van der Waals surface area contributed by atoms with Crippen molar-refractivity contribution < 1.29 is 24.3 Å². The number of imide groups is 1. The number of carboxylic acid groups (broad SMARTS) is 1. The molecule has 0 bridgehead atoms. The normalized spacial score (nSPS) is 20.6. The number of hydrogen-bond acceptors (Lipinski definition) is 4. The van der Waals surface area contributed by atoms with Crippen LogP contribution in [0.3, 0.4) is 0 Å². The first-order chi connectivity index (χ1) is 9.83. The first-order valence-corrected chi connectivity index (χ1v) is 6.07. The third-order valence-electron chi connectivity index (χ3n) is 3.12. The molecule has 0 spiro atoms. The quantitative estimate of drug-likeness (QED) is 0.567. The van der Waals surface area contributed by atoms with Gasteiger partial charge in [0.05, 0.1) is 11.1 Å². The molecule has 0 aliphatic carbocycles. The molecule has 4 amide bonds. The van der Waals surface area contributed by atoms with Crippen LogP contribution in [0.1, 0.15) is 27.6 Å². The molecule has 0 radical (unpaired) electrons. The van der Waals surface area contributed by atoms with Crippen LogP contribution in [-0.4, -0.2) is 41.0 Å². The molecule has 1 saturated heterocycles. The van der Waals surface area contributed by atoms with Crippen LogP contribution >= 0.6 is 0 Å². The number of benzene rings is 1. The van der Waals surface area contributed by atoms with Gasteiger partial charge < -0.3 is 15.7 Å². The van der Waals surface area contributed by atoms with Gasteiger partial charge in [-0.1, -0.05) is 12.1 Å². The van der Waals surface area contributed by atoms with E-state index in [-0.39, 0.29) is 17.7 Å². The van der Waals surface area contributed by atoms with Crippen LogP contribution in [0.2, 0.25) is 0 Å². The number of rotatable bonds is 4. The molecule has 1 aliphatic heterocycles. The second-order valence-electron chi connectivity index (χ2n) is 4.77. The zero-order chi connectivity index (χ0) is 15.6. The minimum Gasteiger partial charge on any atom is -0.478 e. The molecule has 0 saturated carbocycles. The lowest BCUT2D eigenvalue weighted by molar-refractivity contribution is -0.123. The predicted octanol–water partition coefficient (Wildman–Crippen LogP) is -0.287. The predicted molar refractivity (Wildman–Crippen MR) is 70.8 cm³/mol. The summed E-state index contributed by atoms with van der Waals surface area (Å²) in [4.78, 5) is 45.8. The van der Waals surface area contributed by atoms with Gasteiger partial charge in [-0.25, -0.2) is 9.59 Å². The summed E-state index contributed by atoms with van der Waals surface area (Å²) in [5.41, 5.74) is -1.41. The summed E-state index contributed by atoms with van der Waals surface area (Å²) < 4.78 is 0. The van der Waals surface area contributed by atoms with Gasteiger partial charge in [0.1, 0.15) is 5.54 Å². The van der Waals surface area contributed by atoms with E-state index >= 15 is 0 Å². The van der Waals surface area contributed by atoms with E-state index in [1.807, 2.05) is 0 Å². The maximum Gasteiger partial charge on any atom is 0.336 e. The molecule has 1 heterocycles. The van der Waals surface area contributed by atoms with E-state index in [1.165, 1.54) is 31.2 Å².